The van der Waals surface area contributed by atoms with Gasteiger partial charge in [0, 0.05) is 16.3 Å². The lowest BCUT2D eigenvalue weighted by atomic mass is 10.2. The molecule has 4 nitrogen and oxygen atoms in total. The molecule has 0 fully saturated rings. The molecule has 6 heteroatoms. The van der Waals surface area contributed by atoms with Crippen LogP contribution in [0, 0.1) is 0 Å². The zero-order valence-electron chi connectivity index (χ0n) is 12.3. The van der Waals surface area contributed by atoms with Gasteiger partial charge in [0.2, 0.25) is 0 Å². The van der Waals surface area contributed by atoms with E-state index in [4.69, 9.17) is 12.2 Å². The van der Waals surface area contributed by atoms with Crippen molar-refractivity contribution in [1.82, 2.24) is 0 Å². The second-order valence-electron chi connectivity index (χ2n) is 4.38. The van der Waals surface area contributed by atoms with Crippen LogP contribution in [0.25, 0.3) is 0 Å². The molecule has 0 spiro atoms. The lowest BCUT2D eigenvalue weighted by Crippen LogP contribution is -2.19. The summed E-state index contributed by atoms with van der Waals surface area (Å²) < 4.78 is 4.66. The molecule has 2 rings (SSSR count). The number of thiocarbonyl (C=S) groups is 1. The fraction of sp³-hybridized carbons (Fsp3) is 0.125. The number of thioether (sulfide) groups is 1. The minimum atomic E-state index is -0.360. The molecular weight excluding hydrogens is 316 g/mol. The van der Waals surface area contributed by atoms with Gasteiger partial charge in [-0.2, -0.15) is 0 Å². The molecule has 114 valence electrons. The Hall–Kier alpha value is -2.05. The molecule has 0 bridgehead atoms. The Morgan fingerprint density at radius 2 is 1.77 bits per heavy atom. The fourth-order valence-electron chi connectivity index (χ4n) is 1.80. The van der Waals surface area contributed by atoms with Crippen LogP contribution in [0.2, 0.25) is 0 Å². The molecule has 0 radical (unpaired) electrons. The molecule has 0 aliphatic heterocycles. The minimum absolute atomic E-state index is 0.360. The third-order valence-electron chi connectivity index (χ3n) is 2.89. The normalized spacial score (nSPS) is 9.91. The molecule has 2 N–H and O–H groups in total. The van der Waals surface area contributed by atoms with Crippen molar-refractivity contribution in [3.8, 4) is 0 Å². The maximum atomic E-state index is 11.4. The van der Waals surface area contributed by atoms with E-state index in [9.17, 15) is 4.79 Å². The second-order valence-corrected chi connectivity index (χ2v) is 5.67. The van der Waals surface area contributed by atoms with Crippen molar-refractivity contribution in [1.29, 1.82) is 0 Å². The quantitative estimate of drug-likeness (QED) is 0.501. The highest BCUT2D eigenvalue weighted by Crippen LogP contribution is 2.19. The Kier molecular flexibility index (Phi) is 5.80. The Morgan fingerprint density at radius 1 is 1.09 bits per heavy atom. The van der Waals surface area contributed by atoms with E-state index in [1.807, 2.05) is 30.5 Å². The van der Waals surface area contributed by atoms with Crippen molar-refractivity contribution in [2.45, 2.75) is 4.90 Å². The monoisotopic (exact) mass is 332 g/mol. The summed E-state index contributed by atoms with van der Waals surface area (Å²) in [7, 11) is 1.36. The summed E-state index contributed by atoms with van der Waals surface area (Å²) in [4.78, 5) is 12.5. The van der Waals surface area contributed by atoms with Crippen LogP contribution in [-0.4, -0.2) is 24.4 Å². The van der Waals surface area contributed by atoms with E-state index in [2.05, 4.69) is 15.4 Å². The van der Waals surface area contributed by atoms with Crippen molar-refractivity contribution in [3.63, 3.8) is 0 Å². The number of hydrogen-bond acceptors (Lipinski definition) is 4. The summed E-state index contributed by atoms with van der Waals surface area (Å²) in [6.45, 7) is 0. The molecule has 0 amide bonds. The molecule has 0 saturated carbocycles. The Bertz CT molecular complexity index is 672. The van der Waals surface area contributed by atoms with E-state index in [1.54, 1.807) is 36.0 Å². The summed E-state index contributed by atoms with van der Waals surface area (Å²) in [5, 5.41) is 6.69. The van der Waals surface area contributed by atoms with Gasteiger partial charge in [-0.1, -0.05) is 6.07 Å². The average Bonchev–Trinajstić information content (AvgIpc) is 2.55. The summed E-state index contributed by atoms with van der Waals surface area (Å²) in [6, 6.07) is 14.9. The van der Waals surface area contributed by atoms with Crippen LogP contribution in [0.3, 0.4) is 0 Å². The first kappa shape index (κ1) is 16.3. The SMILES string of the molecule is COC(=O)c1ccc(NC(=S)Nc2cccc(SC)c2)cc1. The van der Waals surface area contributed by atoms with Gasteiger partial charge < -0.3 is 15.4 Å². The highest BCUT2D eigenvalue weighted by atomic mass is 32.2. The van der Waals surface area contributed by atoms with E-state index >= 15 is 0 Å². The lowest BCUT2D eigenvalue weighted by molar-refractivity contribution is 0.0601. The summed E-state index contributed by atoms with van der Waals surface area (Å²) in [5.41, 5.74) is 2.22. The lowest BCUT2D eigenvalue weighted by Gasteiger charge is -2.11. The van der Waals surface area contributed by atoms with Gasteiger partial charge in [-0.25, -0.2) is 4.79 Å². The number of hydrogen-bond donors (Lipinski definition) is 2. The number of carbonyl (C=O) groups is 1. The maximum Gasteiger partial charge on any atom is 0.337 e. The van der Waals surface area contributed by atoms with Crippen LogP contribution >= 0.6 is 24.0 Å². The molecular formula is C16H16N2O2S2. The first-order chi connectivity index (χ1) is 10.6. The Morgan fingerprint density at radius 3 is 2.41 bits per heavy atom. The molecule has 22 heavy (non-hydrogen) atoms. The van der Waals surface area contributed by atoms with E-state index in [1.165, 1.54) is 7.11 Å². The number of benzene rings is 2. The van der Waals surface area contributed by atoms with Crippen LogP contribution in [0.1, 0.15) is 10.4 Å². The molecule has 0 atom stereocenters. The third-order valence-corrected chi connectivity index (χ3v) is 3.82. The van der Waals surface area contributed by atoms with Crippen LogP contribution < -0.4 is 10.6 Å². The summed E-state index contributed by atoms with van der Waals surface area (Å²) in [6.07, 6.45) is 2.03. The van der Waals surface area contributed by atoms with Crippen LogP contribution in [0.5, 0.6) is 0 Å². The fourth-order valence-corrected chi connectivity index (χ4v) is 2.50. The summed E-state index contributed by atoms with van der Waals surface area (Å²) >= 11 is 6.96. The largest absolute Gasteiger partial charge is 0.465 e. The van der Waals surface area contributed by atoms with E-state index in [0.29, 0.717) is 10.7 Å². The number of anilines is 2. The zero-order chi connectivity index (χ0) is 15.9. The number of esters is 1. The van der Waals surface area contributed by atoms with Gasteiger partial charge in [0.15, 0.2) is 5.11 Å². The van der Waals surface area contributed by atoms with Gasteiger partial charge in [-0.05, 0) is 60.9 Å². The molecule has 0 aliphatic rings. The highest BCUT2D eigenvalue weighted by molar-refractivity contribution is 7.98. The number of ether oxygens (including phenoxy) is 1. The third kappa shape index (κ3) is 4.47. The maximum absolute atomic E-state index is 11.4. The van der Waals surface area contributed by atoms with Gasteiger partial charge in [0.1, 0.15) is 0 Å². The second kappa shape index (κ2) is 7.82. The standard InChI is InChI=1S/C16H16N2O2S2/c1-20-15(19)11-6-8-12(9-7-11)17-16(21)18-13-4-3-5-14(10-13)22-2/h3-10H,1-2H3,(H2,17,18,21). The van der Waals surface area contributed by atoms with Gasteiger partial charge in [-0.3, -0.25) is 0 Å². The highest BCUT2D eigenvalue weighted by Gasteiger charge is 2.05. The zero-order valence-corrected chi connectivity index (χ0v) is 13.9. The van der Waals surface area contributed by atoms with Crippen LogP contribution in [-0.2, 0) is 4.74 Å². The first-order valence-electron chi connectivity index (χ1n) is 6.53. The average molecular weight is 332 g/mol. The van der Waals surface area contributed by atoms with Crippen molar-refractivity contribution in [2.24, 2.45) is 0 Å². The predicted octanol–water partition coefficient (Wildman–Crippen LogP) is 4.00. The molecule has 0 aliphatic carbocycles. The van der Waals surface area contributed by atoms with Crippen LogP contribution in [0.15, 0.2) is 53.4 Å². The number of carbonyl (C=O) groups excluding carboxylic acids is 1. The van der Waals surface area contributed by atoms with Gasteiger partial charge in [0.05, 0.1) is 12.7 Å². The number of nitrogens with one attached hydrogen (secondary N) is 2. The molecule has 0 saturated heterocycles. The minimum Gasteiger partial charge on any atom is -0.465 e. The van der Waals surface area contributed by atoms with E-state index < -0.39 is 0 Å². The molecule has 2 aromatic carbocycles. The smallest absolute Gasteiger partial charge is 0.337 e. The van der Waals surface area contributed by atoms with Crippen molar-refractivity contribution in [2.75, 3.05) is 24.0 Å². The molecule has 0 aromatic heterocycles. The van der Waals surface area contributed by atoms with Gasteiger partial charge in [-0.15, -0.1) is 11.8 Å². The van der Waals surface area contributed by atoms with Crippen LogP contribution in [0.4, 0.5) is 11.4 Å². The van der Waals surface area contributed by atoms with Crippen molar-refractivity contribution < 1.29 is 9.53 Å². The van der Waals surface area contributed by atoms with Gasteiger partial charge in [0.25, 0.3) is 0 Å². The van der Waals surface area contributed by atoms with E-state index in [-0.39, 0.29) is 5.97 Å². The van der Waals surface area contributed by atoms with Crippen molar-refractivity contribution in [3.05, 3.63) is 54.1 Å². The molecule has 2 aromatic rings. The van der Waals surface area contributed by atoms with Gasteiger partial charge >= 0.3 is 5.97 Å². The topological polar surface area (TPSA) is 50.4 Å². The summed E-state index contributed by atoms with van der Waals surface area (Å²) in [5.74, 6) is -0.360. The molecule has 0 heterocycles. The Labute approximate surface area is 139 Å². The Balaban J connectivity index is 1.98. The molecule has 0 unspecified atom stereocenters. The number of rotatable bonds is 4. The van der Waals surface area contributed by atoms with Crippen molar-refractivity contribution >= 4 is 46.4 Å². The predicted molar refractivity (Wildman–Crippen MR) is 95.8 cm³/mol. The number of methoxy groups -OCH3 is 1. The van der Waals surface area contributed by atoms with E-state index in [0.717, 1.165) is 16.3 Å². The first-order valence-corrected chi connectivity index (χ1v) is 8.16.